The third kappa shape index (κ3) is 3.21. The lowest BCUT2D eigenvalue weighted by atomic mass is 9.87. The summed E-state index contributed by atoms with van der Waals surface area (Å²) in [6, 6.07) is 14.7. The van der Waals surface area contributed by atoms with Gasteiger partial charge in [0.15, 0.2) is 4.77 Å². The fourth-order valence-electron chi connectivity index (χ4n) is 3.84. The molecule has 1 heterocycles. The molecule has 0 unspecified atom stereocenters. The van der Waals surface area contributed by atoms with E-state index in [1.807, 2.05) is 18.2 Å². The number of hydrogen-bond acceptors (Lipinski definition) is 3. The first-order valence-electron chi connectivity index (χ1n) is 9.18. The van der Waals surface area contributed by atoms with Crippen LogP contribution in [-0.4, -0.2) is 15.5 Å². The lowest BCUT2D eigenvalue weighted by Crippen LogP contribution is -2.39. The summed E-state index contributed by atoms with van der Waals surface area (Å²) in [6.07, 6.45) is 2.97. The monoisotopic (exact) mass is 379 g/mol. The number of aromatic amines is 1. The Morgan fingerprint density at radius 2 is 1.96 bits per heavy atom. The van der Waals surface area contributed by atoms with E-state index in [1.54, 1.807) is 25.1 Å². The molecule has 2 aromatic carbocycles. The number of benzene rings is 2. The van der Waals surface area contributed by atoms with Gasteiger partial charge in [-0.1, -0.05) is 36.4 Å². The molecule has 138 valence electrons. The second-order valence-electron chi connectivity index (χ2n) is 6.98. The van der Waals surface area contributed by atoms with E-state index >= 15 is 0 Å². The average Bonchev–Trinajstić information content (AvgIpc) is 2.68. The van der Waals surface area contributed by atoms with Crippen molar-refractivity contribution in [3.8, 4) is 0 Å². The predicted octanol–water partition coefficient (Wildman–Crippen LogP) is 3.81. The van der Waals surface area contributed by atoms with Gasteiger partial charge < -0.3 is 10.3 Å². The first kappa shape index (κ1) is 17.7. The van der Waals surface area contributed by atoms with Crippen LogP contribution in [0.3, 0.4) is 0 Å². The number of fused-ring (bicyclic) bond motifs is 2. The Bertz CT molecular complexity index is 1130. The van der Waals surface area contributed by atoms with Gasteiger partial charge in [0.2, 0.25) is 5.91 Å². The summed E-state index contributed by atoms with van der Waals surface area (Å²) in [7, 11) is 0. The molecule has 0 saturated carbocycles. The van der Waals surface area contributed by atoms with Gasteiger partial charge in [0, 0.05) is 0 Å². The van der Waals surface area contributed by atoms with Gasteiger partial charge in [-0.15, -0.1) is 0 Å². The summed E-state index contributed by atoms with van der Waals surface area (Å²) in [4.78, 5) is 28.9. The minimum atomic E-state index is -0.694. The zero-order chi connectivity index (χ0) is 19.0. The summed E-state index contributed by atoms with van der Waals surface area (Å²) in [5.41, 5.74) is 2.88. The fraction of sp³-hybridized carbons (Fsp3) is 0.286. The summed E-state index contributed by atoms with van der Waals surface area (Å²) >= 11 is 5.36. The largest absolute Gasteiger partial charge is 0.347 e. The molecule has 2 N–H and O–H groups in total. The van der Waals surface area contributed by atoms with Crippen LogP contribution in [0.4, 0.5) is 0 Å². The molecule has 3 aromatic rings. The number of nitrogens with zero attached hydrogens (tertiary/aromatic N) is 1. The van der Waals surface area contributed by atoms with E-state index in [0.29, 0.717) is 10.9 Å². The number of rotatable bonds is 3. The lowest BCUT2D eigenvalue weighted by Gasteiger charge is -2.28. The Kier molecular flexibility index (Phi) is 4.66. The van der Waals surface area contributed by atoms with E-state index in [-0.39, 0.29) is 22.3 Å². The molecule has 0 spiro atoms. The molecule has 2 atom stereocenters. The van der Waals surface area contributed by atoms with E-state index in [1.165, 1.54) is 15.7 Å². The van der Waals surface area contributed by atoms with Crippen LogP contribution in [0.5, 0.6) is 0 Å². The molecule has 1 amide bonds. The zero-order valence-corrected chi connectivity index (χ0v) is 15.9. The number of aromatic nitrogens is 2. The number of aryl methyl sites for hydroxylation is 1. The van der Waals surface area contributed by atoms with Crippen LogP contribution in [-0.2, 0) is 11.2 Å². The summed E-state index contributed by atoms with van der Waals surface area (Å²) in [5, 5.41) is 3.64. The molecule has 4 rings (SSSR count). The third-order valence-electron chi connectivity index (χ3n) is 5.29. The van der Waals surface area contributed by atoms with Crippen LogP contribution < -0.4 is 10.9 Å². The van der Waals surface area contributed by atoms with E-state index in [9.17, 15) is 9.59 Å². The van der Waals surface area contributed by atoms with Crippen molar-refractivity contribution in [3.05, 3.63) is 74.8 Å². The van der Waals surface area contributed by atoms with Crippen molar-refractivity contribution in [3.63, 3.8) is 0 Å². The van der Waals surface area contributed by atoms with Gasteiger partial charge in [-0.3, -0.25) is 14.2 Å². The van der Waals surface area contributed by atoms with Crippen molar-refractivity contribution >= 4 is 29.0 Å². The van der Waals surface area contributed by atoms with Crippen molar-refractivity contribution in [1.29, 1.82) is 0 Å². The van der Waals surface area contributed by atoms with Crippen LogP contribution in [0.25, 0.3) is 10.9 Å². The van der Waals surface area contributed by atoms with E-state index in [4.69, 9.17) is 12.2 Å². The molecule has 6 heteroatoms. The quantitative estimate of drug-likeness (QED) is 0.680. The van der Waals surface area contributed by atoms with E-state index < -0.39 is 6.04 Å². The van der Waals surface area contributed by atoms with Crippen molar-refractivity contribution in [2.24, 2.45) is 0 Å². The minimum Gasteiger partial charge on any atom is -0.347 e. The second kappa shape index (κ2) is 7.12. The molecular formula is C21H21N3O2S. The highest BCUT2D eigenvalue weighted by Gasteiger charge is 2.25. The standard InChI is InChI=1S/C21H21N3O2S/c1-13(24-20(26)16-10-4-5-11-18(16)23-21(24)27)19(25)22-17-12-6-8-14-7-2-3-9-15(14)17/h2-5,7,9-11,13,17H,6,8,12H2,1H3,(H,22,25)(H,23,27)/t13-,17+/m1/s1. The van der Waals surface area contributed by atoms with Crippen LogP contribution in [0.15, 0.2) is 53.3 Å². The number of carbonyl (C=O) groups is 1. The molecule has 1 aliphatic rings. The molecule has 5 nitrogen and oxygen atoms in total. The Morgan fingerprint density at radius 1 is 1.22 bits per heavy atom. The minimum absolute atomic E-state index is 0.0291. The Morgan fingerprint density at radius 3 is 2.81 bits per heavy atom. The maximum absolute atomic E-state index is 12.9. The highest BCUT2D eigenvalue weighted by atomic mass is 32.1. The first-order chi connectivity index (χ1) is 13.1. The van der Waals surface area contributed by atoms with E-state index in [0.717, 1.165) is 19.3 Å². The Balaban J connectivity index is 1.65. The maximum atomic E-state index is 12.9. The zero-order valence-electron chi connectivity index (χ0n) is 15.1. The van der Waals surface area contributed by atoms with Gasteiger partial charge >= 0.3 is 0 Å². The van der Waals surface area contributed by atoms with Crippen LogP contribution in [0.2, 0.25) is 0 Å². The van der Waals surface area contributed by atoms with Gasteiger partial charge in [0.25, 0.3) is 5.56 Å². The number of para-hydroxylation sites is 1. The summed E-state index contributed by atoms with van der Waals surface area (Å²) < 4.78 is 1.62. The van der Waals surface area contributed by atoms with Gasteiger partial charge in [-0.2, -0.15) is 0 Å². The Labute approximate surface area is 162 Å². The second-order valence-corrected chi connectivity index (χ2v) is 7.37. The Hall–Kier alpha value is -2.73. The van der Waals surface area contributed by atoms with E-state index in [2.05, 4.69) is 22.4 Å². The first-order valence-corrected chi connectivity index (χ1v) is 9.59. The SMILES string of the molecule is C[C@H](C(=O)N[C@H]1CCCc2ccccc21)n1c(=S)[nH]c2ccccc2c1=O. The summed E-state index contributed by atoms with van der Waals surface area (Å²) in [6.45, 7) is 1.71. The molecule has 0 fully saturated rings. The number of amides is 1. The number of carbonyl (C=O) groups excluding carboxylic acids is 1. The summed E-state index contributed by atoms with van der Waals surface area (Å²) in [5.74, 6) is -0.200. The number of hydrogen-bond donors (Lipinski definition) is 2. The van der Waals surface area contributed by atoms with Crippen molar-refractivity contribution in [2.45, 2.75) is 38.3 Å². The molecule has 0 bridgehead atoms. The van der Waals surface area contributed by atoms with Crippen LogP contribution in [0.1, 0.15) is 43.0 Å². The lowest BCUT2D eigenvalue weighted by molar-refractivity contribution is -0.124. The topological polar surface area (TPSA) is 66.9 Å². The molecule has 0 aliphatic heterocycles. The van der Waals surface area contributed by atoms with Gasteiger partial charge in [0.05, 0.1) is 16.9 Å². The average molecular weight is 379 g/mol. The molecule has 1 aromatic heterocycles. The highest BCUT2D eigenvalue weighted by Crippen LogP contribution is 2.29. The van der Waals surface area contributed by atoms with Gasteiger partial charge in [-0.25, -0.2) is 0 Å². The number of nitrogens with one attached hydrogen (secondary N) is 2. The normalized spacial score (nSPS) is 17.3. The van der Waals surface area contributed by atoms with Crippen LogP contribution in [0, 0.1) is 4.77 Å². The highest BCUT2D eigenvalue weighted by molar-refractivity contribution is 7.71. The molecule has 0 saturated heterocycles. The van der Waals surface area contributed by atoms with Crippen molar-refractivity contribution < 1.29 is 4.79 Å². The molecular weight excluding hydrogens is 358 g/mol. The van der Waals surface area contributed by atoms with Crippen LogP contribution >= 0.6 is 12.2 Å². The predicted molar refractivity (Wildman–Crippen MR) is 108 cm³/mol. The molecule has 1 aliphatic carbocycles. The smallest absolute Gasteiger partial charge is 0.262 e. The fourth-order valence-corrected chi connectivity index (χ4v) is 4.19. The number of H-pyrrole nitrogens is 1. The van der Waals surface area contributed by atoms with Gasteiger partial charge in [-0.05, 0) is 61.7 Å². The molecule has 27 heavy (non-hydrogen) atoms. The maximum Gasteiger partial charge on any atom is 0.262 e. The van der Waals surface area contributed by atoms with Gasteiger partial charge in [0.1, 0.15) is 6.04 Å². The molecule has 0 radical (unpaired) electrons. The van der Waals surface area contributed by atoms with Crippen molar-refractivity contribution in [1.82, 2.24) is 14.9 Å². The van der Waals surface area contributed by atoms with Crippen molar-refractivity contribution in [2.75, 3.05) is 0 Å². The third-order valence-corrected chi connectivity index (χ3v) is 5.59.